The predicted octanol–water partition coefficient (Wildman–Crippen LogP) is 3.25. The first-order valence-electron chi connectivity index (χ1n) is 11.9. The number of carbonyl (C=O) groups excluding carboxylic acids is 1. The molecule has 0 aliphatic carbocycles. The molecule has 6 heterocycles. The van der Waals surface area contributed by atoms with Crippen molar-refractivity contribution in [2.24, 2.45) is 0 Å². The summed E-state index contributed by atoms with van der Waals surface area (Å²) < 4.78 is 3.15. The van der Waals surface area contributed by atoms with E-state index in [9.17, 15) is 9.59 Å². The monoisotopic (exact) mass is 532 g/mol. The number of para-hydroxylation sites is 1. The molecule has 0 radical (unpaired) electrons. The van der Waals surface area contributed by atoms with Crippen molar-refractivity contribution in [2.75, 3.05) is 18.5 Å². The number of hydrogen-bond donors (Lipinski definition) is 3. The molecule has 186 valence electrons. The summed E-state index contributed by atoms with van der Waals surface area (Å²) in [7, 11) is 1.59. The number of nitrogens with zero attached hydrogens (tertiary/aromatic N) is 6. The first-order chi connectivity index (χ1) is 18.0. The number of anilines is 1. The number of aromatic amines is 1. The minimum atomic E-state index is -0.678. The summed E-state index contributed by atoms with van der Waals surface area (Å²) in [5.74, 6) is 0.925. The molecule has 0 saturated carbocycles. The molecule has 2 aliphatic heterocycles. The fraction of sp³-hybridized carbons (Fsp3) is 0.240. The Hall–Kier alpha value is -3.83. The summed E-state index contributed by atoms with van der Waals surface area (Å²) in [6, 6.07) is 9.49. The molecule has 10 nitrogen and oxygen atoms in total. The van der Waals surface area contributed by atoms with E-state index in [1.165, 1.54) is 10.8 Å². The molecule has 2 aliphatic rings. The molecule has 1 fully saturated rings. The van der Waals surface area contributed by atoms with Crippen LogP contribution in [0.2, 0.25) is 5.02 Å². The number of fused-ring (bicyclic) bond motifs is 6. The second-order valence-electron chi connectivity index (χ2n) is 9.26. The van der Waals surface area contributed by atoms with E-state index in [0.717, 1.165) is 24.1 Å². The lowest BCUT2D eigenvalue weighted by molar-refractivity contribution is 0.0964. The van der Waals surface area contributed by atoms with Crippen molar-refractivity contribution in [1.82, 2.24) is 34.4 Å². The van der Waals surface area contributed by atoms with E-state index in [2.05, 4.69) is 20.2 Å². The van der Waals surface area contributed by atoms with Crippen LogP contribution in [0.25, 0.3) is 22.2 Å². The minimum Gasteiger partial charge on any atom is -0.355 e. The van der Waals surface area contributed by atoms with Gasteiger partial charge < -0.3 is 15.2 Å². The van der Waals surface area contributed by atoms with E-state index >= 15 is 0 Å². The topological polar surface area (TPSA) is 113 Å². The van der Waals surface area contributed by atoms with Crippen molar-refractivity contribution in [3.8, 4) is 5.69 Å². The highest BCUT2D eigenvalue weighted by Gasteiger charge is 2.54. The Morgan fingerprint density at radius 2 is 2.11 bits per heavy atom. The fourth-order valence-corrected chi connectivity index (χ4v) is 6.82. The summed E-state index contributed by atoms with van der Waals surface area (Å²) in [5.41, 5.74) is 2.11. The number of thiol groups is 1. The highest BCUT2D eigenvalue weighted by atomic mass is 35.5. The standard InChI is InChI=1S/C25H21ClN8O2S/c1-27-23(35)13-11-28-20-17(13)21(30-12-29-20)32-9-4-8-25(32)14-5-2-3-6-16(14)34-22(19(25)37)31-33-10-7-15(26)18(33)24(34)36/h2-3,5-7,10-12,19,37H,4,8-9H2,1H3,(H,27,35)(H,28,29,30)/t19?,25-/m1/s1. The van der Waals surface area contributed by atoms with Crippen LogP contribution in [0, 0.1) is 0 Å². The van der Waals surface area contributed by atoms with Crippen LogP contribution >= 0.6 is 24.2 Å². The van der Waals surface area contributed by atoms with Crippen molar-refractivity contribution < 1.29 is 4.79 Å². The number of amides is 1. The largest absolute Gasteiger partial charge is 0.355 e. The fourth-order valence-electron chi connectivity index (χ4n) is 6.02. The third-order valence-electron chi connectivity index (χ3n) is 7.57. The molecular weight excluding hydrogens is 512 g/mol. The van der Waals surface area contributed by atoms with Gasteiger partial charge in [0.1, 0.15) is 23.3 Å². The van der Waals surface area contributed by atoms with Gasteiger partial charge in [0.25, 0.3) is 11.5 Å². The van der Waals surface area contributed by atoms with Gasteiger partial charge >= 0.3 is 0 Å². The smallest absolute Gasteiger partial charge is 0.284 e. The number of halogens is 1. The van der Waals surface area contributed by atoms with E-state index in [1.807, 2.05) is 24.3 Å². The number of carbonyl (C=O) groups is 1. The summed E-state index contributed by atoms with van der Waals surface area (Å²) >= 11 is 11.5. The maximum absolute atomic E-state index is 13.7. The highest BCUT2D eigenvalue weighted by molar-refractivity contribution is 7.80. The van der Waals surface area contributed by atoms with Crippen LogP contribution in [0.1, 0.15) is 39.8 Å². The minimum absolute atomic E-state index is 0.229. The Morgan fingerprint density at radius 3 is 2.95 bits per heavy atom. The molecule has 5 aromatic rings. The van der Waals surface area contributed by atoms with Crippen LogP contribution in [0.3, 0.4) is 0 Å². The van der Waals surface area contributed by atoms with Crippen molar-refractivity contribution in [2.45, 2.75) is 23.6 Å². The normalized spacial score (nSPS) is 20.5. The van der Waals surface area contributed by atoms with Gasteiger partial charge in [0.2, 0.25) is 0 Å². The Kier molecular flexibility index (Phi) is 4.74. The Labute approximate surface area is 220 Å². The van der Waals surface area contributed by atoms with Crippen LogP contribution in [0.5, 0.6) is 0 Å². The first-order valence-corrected chi connectivity index (χ1v) is 12.8. The van der Waals surface area contributed by atoms with E-state index in [0.29, 0.717) is 45.3 Å². The molecule has 2 atom stereocenters. The van der Waals surface area contributed by atoms with Crippen LogP contribution in [-0.2, 0) is 5.54 Å². The molecule has 12 heteroatoms. The highest BCUT2D eigenvalue weighted by Crippen LogP contribution is 2.56. The van der Waals surface area contributed by atoms with Gasteiger partial charge in [-0.15, -0.1) is 0 Å². The number of aromatic nitrogens is 6. The maximum atomic E-state index is 13.7. The molecule has 1 unspecified atom stereocenters. The first kappa shape index (κ1) is 22.4. The van der Waals surface area contributed by atoms with Crippen LogP contribution in [0.15, 0.2) is 53.8 Å². The lowest BCUT2D eigenvalue weighted by atomic mass is 9.79. The molecular formula is C25H21ClN8O2S. The van der Waals surface area contributed by atoms with E-state index in [4.69, 9.17) is 34.3 Å². The second kappa shape index (κ2) is 7.83. The zero-order valence-electron chi connectivity index (χ0n) is 19.6. The zero-order valence-corrected chi connectivity index (χ0v) is 21.3. The van der Waals surface area contributed by atoms with Crippen molar-refractivity contribution in [3.05, 3.63) is 81.4 Å². The average Bonchev–Trinajstić information content (AvgIpc) is 3.64. The molecule has 1 spiro atoms. The summed E-state index contributed by atoms with van der Waals surface area (Å²) in [6.45, 7) is 0.678. The van der Waals surface area contributed by atoms with E-state index in [-0.39, 0.29) is 11.5 Å². The van der Waals surface area contributed by atoms with Crippen molar-refractivity contribution >= 4 is 52.5 Å². The molecule has 0 bridgehead atoms. The predicted molar refractivity (Wildman–Crippen MR) is 143 cm³/mol. The van der Waals surface area contributed by atoms with E-state index < -0.39 is 10.8 Å². The molecule has 2 N–H and O–H groups in total. The zero-order chi connectivity index (χ0) is 25.5. The van der Waals surface area contributed by atoms with Gasteiger partial charge in [0.05, 0.1) is 32.4 Å². The van der Waals surface area contributed by atoms with Gasteiger partial charge in [-0.2, -0.15) is 17.7 Å². The molecule has 4 aromatic heterocycles. The Morgan fingerprint density at radius 1 is 1.27 bits per heavy atom. The van der Waals surface area contributed by atoms with Gasteiger partial charge in [-0.1, -0.05) is 29.8 Å². The molecule has 1 aromatic carbocycles. The number of H-pyrrole nitrogens is 1. The van der Waals surface area contributed by atoms with Crippen LogP contribution in [-0.4, -0.2) is 48.6 Å². The summed E-state index contributed by atoms with van der Waals surface area (Å²) in [5, 5.41) is 8.03. The molecule has 1 saturated heterocycles. The van der Waals surface area contributed by atoms with Crippen molar-refractivity contribution in [3.63, 3.8) is 0 Å². The molecule has 1 amide bonds. The summed E-state index contributed by atoms with van der Waals surface area (Å²) in [6.07, 6.45) is 6.45. The third-order valence-corrected chi connectivity index (χ3v) is 8.53. The Balaban J connectivity index is 1.53. The average molecular weight is 533 g/mol. The lowest BCUT2D eigenvalue weighted by Gasteiger charge is -2.47. The van der Waals surface area contributed by atoms with Crippen LogP contribution < -0.4 is 15.8 Å². The Bertz CT molecular complexity index is 1810. The van der Waals surface area contributed by atoms with Gasteiger partial charge in [-0.3, -0.25) is 14.2 Å². The molecule has 7 rings (SSSR count). The summed E-state index contributed by atoms with van der Waals surface area (Å²) in [4.78, 5) is 40.8. The number of rotatable bonds is 2. The maximum Gasteiger partial charge on any atom is 0.284 e. The lowest BCUT2D eigenvalue weighted by Crippen LogP contribution is -2.50. The number of nitrogens with one attached hydrogen (secondary N) is 2. The van der Waals surface area contributed by atoms with E-state index in [1.54, 1.807) is 30.1 Å². The van der Waals surface area contributed by atoms with Gasteiger partial charge in [0.15, 0.2) is 5.82 Å². The van der Waals surface area contributed by atoms with Crippen molar-refractivity contribution in [1.29, 1.82) is 0 Å². The quantitative estimate of drug-likeness (QED) is 0.301. The number of hydrogen-bond acceptors (Lipinski definition) is 7. The van der Waals surface area contributed by atoms with Crippen LogP contribution in [0.4, 0.5) is 5.82 Å². The second-order valence-corrected chi connectivity index (χ2v) is 10.2. The number of benzene rings is 1. The van der Waals surface area contributed by atoms with Gasteiger partial charge in [-0.25, -0.2) is 14.5 Å². The third kappa shape index (κ3) is 2.81. The SMILES string of the molecule is CNC(=O)c1c[nH]c2ncnc(N3CCC[C@]34c3ccccc3-n3c(nn5ccc(Cl)c5c3=O)C4S)c12. The van der Waals surface area contributed by atoms with Gasteiger partial charge in [0, 0.05) is 31.5 Å². The molecule has 37 heavy (non-hydrogen) atoms. The van der Waals surface area contributed by atoms with Gasteiger partial charge in [-0.05, 0) is 25.0 Å².